The third-order valence-corrected chi connectivity index (χ3v) is 7.87. The molecular formula is C27H35N3O3. The molecule has 2 amide bonds. The SMILES string of the molecule is COc1cc2c(cc1OC)[C@H]1C[C@H]3[C@H](CCCN3C(=O)N[C@H](C)c3ccccc3)CN1CC2. The molecule has 0 aromatic heterocycles. The van der Waals surface area contributed by atoms with Crippen LogP contribution in [0.5, 0.6) is 11.5 Å². The number of carbonyl (C=O) groups excluding carboxylic acids is 1. The van der Waals surface area contributed by atoms with Crippen LogP contribution in [0.1, 0.15) is 55.0 Å². The van der Waals surface area contributed by atoms with Crippen molar-refractivity contribution in [2.24, 2.45) is 5.92 Å². The minimum atomic E-state index is -0.00806. The van der Waals surface area contributed by atoms with Crippen molar-refractivity contribution in [1.29, 1.82) is 0 Å². The van der Waals surface area contributed by atoms with Crippen LogP contribution in [0, 0.1) is 5.92 Å². The van der Waals surface area contributed by atoms with Gasteiger partial charge in [0.1, 0.15) is 0 Å². The predicted molar refractivity (Wildman–Crippen MR) is 129 cm³/mol. The van der Waals surface area contributed by atoms with E-state index in [1.54, 1.807) is 14.2 Å². The van der Waals surface area contributed by atoms with Crippen LogP contribution < -0.4 is 14.8 Å². The molecule has 4 atom stereocenters. The molecule has 5 rings (SSSR count). The summed E-state index contributed by atoms with van der Waals surface area (Å²) in [6.45, 7) is 5.02. The van der Waals surface area contributed by atoms with Crippen molar-refractivity contribution in [3.05, 3.63) is 59.2 Å². The molecule has 3 heterocycles. The monoisotopic (exact) mass is 449 g/mol. The normalized spacial score (nSPS) is 25.3. The maximum Gasteiger partial charge on any atom is 0.318 e. The number of nitrogens with zero attached hydrogens (tertiary/aromatic N) is 2. The summed E-state index contributed by atoms with van der Waals surface area (Å²) < 4.78 is 11.2. The first kappa shape index (κ1) is 22.1. The summed E-state index contributed by atoms with van der Waals surface area (Å²) in [5.74, 6) is 2.12. The first-order valence-electron chi connectivity index (χ1n) is 12.2. The molecule has 3 aliphatic heterocycles. The number of benzene rings is 2. The Balaban J connectivity index is 1.37. The fourth-order valence-corrected chi connectivity index (χ4v) is 6.12. The van der Waals surface area contributed by atoms with Gasteiger partial charge in [0, 0.05) is 31.7 Å². The summed E-state index contributed by atoms with van der Waals surface area (Å²) in [6.07, 6.45) is 4.28. The Hall–Kier alpha value is -2.73. The van der Waals surface area contributed by atoms with Crippen molar-refractivity contribution in [2.45, 2.75) is 50.7 Å². The molecule has 33 heavy (non-hydrogen) atoms. The van der Waals surface area contributed by atoms with Gasteiger partial charge in [-0.25, -0.2) is 4.79 Å². The highest BCUT2D eigenvalue weighted by Gasteiger charge is 2.44. The fourth-order valence-electron chi connectivity index (χ4n) is 6.12. The first-order valence-corrected chi connectivity index (χ1v) is 12.2. The lowest BCUT2D eigenvalue weighted by Crippen LogP contribution is -2.59. The molecule has 2 aromatic rings. The average molecular weight is 450 g/mol. The fraction of sp³-hybridized carbons (Fsp3) is 0.519. The van der Waals surface area contributed by atoms with Crippen LogP contribution >= 0.6 is 0 Å². The molecule has 0 spiro atoms. The Morgan fingerprint density at radius 2 is 1.85 bits per heavy atom. The topological polar surface area (TPSA) is 54.0 Å². The summed E-state index contributed by atoms with van der Waals surface area (Å²) >= 11 is 0. The molecule has 6 heteroatoms. The molecular weight excluding hydrogens is 414 g/mol. The number of nitrogens with one attached hydrogen (secondary N) is 1. The van der Waals surface area contributed by atoms with Gasteiger partial charge in [0.2, 0.25) is 0 Å². The first-order chi connectivity index (χ1) is 16.1. The number of carbonyl (C=O) groups is 1. The number of hydrogen-bond donors (Lipinski definition) is 1. The van der Waals surface area contributed by atoms with Crippen molar-refractivity contribution >= 4 is 6.03 Å². The van der Waals surface area contributed by atoms with Crippen LogP contribution in [0.15, 0.2) is 42.5 Å². The van der Waals surface area contributed by atoms with Crippen molar-refractivity contribution in [1.82, 2.24) is 15.1 Å². The van der Waals surface area contributed by atoms with E-state index in [0.717, 1.165) is 56.0 Å². The summed E-state index contributed by atoms with van der Waals surface area (Å²) in [5, 5.41) is 3.26. The third kappa shape index (κ3) is 4.17. The maximum atomic E-state index is 13.4. The molecule has 0 saturated carbocycles. The zero-order valence-corrected chi connectivity index (χ0v) is 19.9. The Kier molecular flexibility index (Phi) is 6.19. The number of ether oxygens (including phenoxy) is 2. The molecule has 3 aliphatic rings. The molecule has 0 radical (unpaired) electrons. The van der Waals surface area contributed by atoms with Crippen molar-refractivity contribution in [2.75, 3.05) is 33.9 Å². The highest BCUT2D eigenvalue weighted by molar-refractivity contribution is 5.75. The van der Waals surface area contributed by atoms with E-state index in [1.807, 2.05) is 18.2 Å². The molecule has 1 N–H and O–H groups in total. The van der Waals surface area contributed by atoms with E-state index in [0.29, 0.717) is 12.0 Å². The predicted octanol–water partition coefficient (Wildman–Crippen LogP) is 4.56. The third-order valence-electron chi connectivity index (χ3n) is 7.87. The van der Waals surface area contributed by atoms with Gasteiger partial charge >= 0.3 is 6.03 Å². The van der Waals surface area contributed by atoms with Gasteiger partial charge in [0.05, 0.1) is 20.3 Å². The van der Waals surface area contributed by atoms with Crippen molar-refractivity contribution in [3.8, 4) is 11.5 Å². The maximum absolute atomic E-state index is 13.4. The summed E-state index contributed by atoms with van der Waals surface area (Å²) in [6, 6.07) is 15.1. The minimum absolute atomic E-state index is 0.00806. The van der Waals surface area contributed by atoms with E-state index in [4.69, 9.17) is 9.47 Å². The van der Waals surface area contributed by atoms with Crippen molar-refractivity contribution < 1.29 is 14.3 Å². The van der Waals surface area contributed by atoms with Crippen LogP contribution in [-0.2, 0) is 6.42 Å². The van der Waals surface area contributed by atoms with Gasteiger partial charge in [-0.3, -0.25) is 4.90 Å². The molecule has 0 aliphatic carbocycles. The molecule has 2 saturated heterocycles. The van der Waals surface area contributed by atoms with Crippen LogP contribution in [-0.4, -0.2) is 55.7 Å². The van der Waals surface area contributed by atoms with E-state index in [9.17, 15) is 4.79 Å². The lowest BCUT2D eigenvalue weighted by molar-refractivity contribution is 0.00522. The molecule has 6 nitrogen and oxygen atoms in total. The lowest BCUT2D eigenvalue weighted by atomic mass is 9.76. The zero-order chi connectivity index (χ0) is 22.9. The van der Waals surface area contributed by atoms with Gasteiger partial charge < -0.3 is 19.7 Å². The van der Waals surface area contributed by atoms with Gasteiger partial charge in [-0.2, -0.15) is 0 Å². The molecule has 2 aromatic carbocycles. The van der Waals surface area contributed by atoms with Crippen molar-refractivity contribution in [3.63, 3.8) is 0 Å². The number of likely N-dealkylation sites (tertiary alicyclic amines) is 1. The number of amides is 2. The highest BCUT2D eigenvalue weighted by Crippen LogP contribution is 2.45. The molecule has 0 unspecified atom stereocenters. The zero-order valence-electron chi connectivity index (χ0n) is 19.9. The number of piperidine rings is 2. The van der Waals surface area contributed by atoms with Crippen LogP contribution in [0.4, 0.5) is 4.79 Å². The Morgan fingerprint density at radius 3 is 2.61 bits per heavy atom. The van der Waals surface area contributed by atoms with E-state index in [1.165, 1.54) is 17.5 Å². The van der Waals surface area contributed by atoms with Gasteiger partial charge in [-0.15, -0.1) is 0 Å². The summed E-state index contributed by atoms with van der Waals surface area (Å²) in [4.78, 5) is 18.1. The number of rotatable bonds is 4. The largest absolute Gasteiger partial charge is 0.493 e. The second kappa shape index (κ2) is 9.26. The molecule has 0 bridgehead atoms. The molecule has 2 fully saturated rings. The van der Waals surface area contributed by atoms with Crippen LogP contribution in [0.2, 0.25) is 0 Å². The smallest absolute Gasteiger partial charge is 0.318 e. The standard InChI is InChI=1S/C27H35N3O3/c1-18(19-8-5-4-6-9-19)28-27(31)30-12-7-10-21-17-29-13-11-20-14-25(32-2)26(33-3)15-22(20)24(29)16-23(21)30/h4-6,8-9,14-15,18,21,23-24H,7,10-13,16-17H2,1-3H3,(H,28,31)/t18-,21-,23+,24-/m1/s1. The Bertz CT molecular complexity index is 996. The average Bonchev–Trinajstić information content (AvgIpc) is 2.86. The summed E-state index contributed by atoms with van der Waals surface area (Å²) in [7, 11) is 3.39. The van der Waals surface area contributed by atoms with Crippen LogP contribution in [0.25, 0.3) is 0 Å². The van der Waals surface area contributed by atoms with E-state index in [-0.39, 0.29) is 18.1 Å². The second-order valence-electron chi connectivity index (χ2n) is 9.65. The van der Waals surface area contributed by atoms with Gasteiger partial charge in [-0.05, 0) is 67.3 Å². The Morgan fingerprint density at radius 1 is 1.09 bits per heavy atom. The summed E-state index contributed by atoms with van der Waals surface area (Å²) in [5.41, 5.74) is 3.81. The van der Waals surface area contributed by atoms with E-state index in [2.05, 4.69) is 46.3 Å². The Labute approximate surface area is 196 Å². The van der Waals surface area contributed by atoms with Gasteiger partial charge in [-0.1, -0.05) is 30.3 Å². The minimum Gasteiger partial charge on any atom is -0.493 e. The quantitative estimate of drug-likeness (QED) is 0.744. The number of hydrogen-bond acceptors (Lipinski definition) is 4. The van der Waals surface area contributed by atoms with Crippen LogP contribution in [0.3, 0.4) is 0 Å². The number of urea groups is 1. The number of fused-ring (bicyclic) bond motifs is 4. The van der Waals surface area contributed by atoms with E-state index >= 15 is 0 Å². The van der Waals surface area contributed by atoms with Gasteiger partial charge in [0.25, 0.3) is 0 Å². The van der Waals surface area contributed by atoms with E-state index < -0.39 is 0 Å². The highest BCUT2D eigenvalue weighted by atomic mass is 16.5. The molecule has 176 valence electrons. The number of methoxy groups -OCH3 is 2. The second-order valence-corrected chi connectivity index (χ2v) is 9.65. The van der Waals surface area contributed by atoms with Gasteiger partial charge in [0.15, 0.2) is 11.5 Å². The lowest BCUT2D eigenvalue weighted by Gasteiger charge is -2.52.